The lowest BCUT2D eigenvalue weighted by molar-refractivity contribution is 0.0923. The third-order valence-electron chi connectivity index (χ3n) is 4.35. The van der Waals surface area contributed by atoms with Gasteiger partial charge in [0.1, 0.15) is 23.5 Å². The maximum atomic E-state index is 12.7. The molecule has 1 aliphatic carbocycles. The van der Waals surface area contributed by atoms with Gasteiger partial charge < -0.3 is 5.32 Å². The van der Waals surface area contributed by atoms with Gasteiger partial charge in [-0.15, -0.1) is 0 Å². The molecule has 0 saturated heterocycles. The molecular formula is C17H19N7O. The number of carbonyl (C=O) groups excluding carboxylic acids is 1. The van der Waals surface area contributed by atoms with Gasteiger partial charge in [0.25, 0.3) is 5.91 Å². The van der Waals surface area contributed by atoms with Crippen molar-refractivity contribution in [2.75, 3.05) is 0 Å². The average molecular weight is 337 g/mol. The van der Waals surface area contributed by atoms with Crippen LogP contribution in [0.5, 0.6) is 0 Å². The molecule has 1 saturated carbocycles. The van der Waals surface area contributed by atoms with Crippen LogP contribution >= 0.6 is 0 Å². The van der Waals surface area contributed by atoms with Crippen LogP contribution in [0.1, 0.15) is 42.1 Å². The average Bonchev–Trinajstić information content (AvgIpc) is 3.18. The maximum Gasteiger partial charge on any atom is 0.269 e. The summed E-state index contributed by atoms with van der Waals surface area (Å²) in [5.41, 5.74) is 1.78. The van der Waals surface area contributed by atoms with Crippen molar-refractivity contribution < 1.29 is 4.79 Å². The number of nitrogens with one attached hydrogen (secondary N) is 2. The van der Waals surface area contributed by atoms with Crippen LogP contribution in [0.3, 0.4) is 0 Å². The van der Waals surface area contributed by atoms with Gasteiger partial charge in [0.15, 0.2) is 0 Å². The molecule has 0 aliphatic heterocycles. The van der Waals surface area contributed by atoms with E-state index in [0.29, 0.717) is 17.3 Å². The summed E-state index contributed by atoms with van der Waals surface area (Å²) in [7, 11) is 0. The van der Waals surface area contributed by atoms with Crippen molar-refractivity contribution >= 4 is 5.91 Å². The van der Waals surface area contributed by atoms with Gasteiger partial charge in [0.2, 0.25) is 0 Å². The highest BCUT2D eigenvalue weighted by atomic mass is 16.2. The summed E-state index contributed by atoms with van der Waals surface area (Å²) in [5.74, 6) is 1.02. The summed E-state index contributed by atoms with van der Waals surface area (Å²) < 4.78 is 1.83. The zero-order valence-electron chi connectivity index (χ0n) is 13.9. The molecule has 0 aromatic carbocycles. The lowest BCUT2D eigenvalue weighted by Crippen LogP contribution is -2.32. The first-order chi connectivity index (χ1) is 12.3. The van der Waals surface area contributed by atoms with Crippen molar-refractivity contribution in [3.63, 3.8) is 0 Å². The molecule has 128 valence electrons. The van der Waals surface area contributed by atoms with Gasteiger partial charge in [-0.3, -0.25) is 14.9 Å². The van der Waals surface area contributed by atoms with E-state index in [-0.39, 0.29) is 11.9 Å². The lowest BCUT2D eigenvalue weighted by Gasteiger charge is -2.17. The molecule has 3 aromatic heterocycles. The maximum absolute atomic E-state index is 12.7. The number of amides is 1. The molecule has 1 unspecified atom stereocenters. The van der Waals surface area contributed by atoms with Gasteiger partial charge in [0, 0.05) is 12.7 Å². The SMILES string of the molecule is CCn1ncnc1C(NC(=O)c1cc(-c2ccccn2)n[nH]1)C1CC1. The molecule has 3 aromatic rings. The Labute approximate surface area is 144 Å². The van der Waals surface area contributed by atoms with E-state index in [9.17, 15) is 4.79 Å². The normalized spacial score (nSPS) is 15.1. The van der Waals surface area contributed by atoms with Crippen LogP contribution in [0.4, 0.5) is 0 Å². The van der Waals surface area contributed by atoms with Crippen LogP contribution in [0.2, 0.25) is 0 Å². The Morgan fingerprint density at radius 1 is 1.36 bits per heavy atom. The van der Waals surface area contributed by atoms with Gasteiger partial charge in [0.05, 0.1) is 11.7 Å². The van der Waals surface area contributed by atoms with Crippen molar-refractivity contribution in [2.24, 2.45) is 5.92 Å². The van der Waals surface area contributed by atoms with Crippen molar-refractivity contribution in [3.05, 3.63) is 48.3 Å². The first-order valence-electron chi connectivity index (χ1n) is 8.41. The third-order valence-corrected chi connectivity index (χ3v) is 4.35. The summed E-state index contributed by atoms with van der Waals surface area (Å²) in [4.78, 5) is 21.3. The number of aromatic nitrogens is 6. The van der Waals surface area contributed by atoms with E-state index in [1.165, 1.54) is 6.33 Å². The zero-order valence-corrected chi connectivity index (χ0v) is 13.9. The molecule has 4 rings (SSSR count). The summed E-state index contributed by atoms with van der Waals surface area (Å²) >= 11 is 0. The number of carbonyl (C=O) groups is 1. The topological polar surface area (TPSA) is 101 Å². The Kier molecular flexibility index (Phi) is 4.01. The second kappa shape index (κ2) is 6.46. The monoisotopic (exact) mass is 337 g/mol. The van der Waals surface area contributed by atoms with E-state index in [1.807, 2.05) is 29.8 Å². The van der Waals surface area contributed by atoms with Gasteiger partial charge in [-0.25, -0.2) is 9.67 Å². The van der Waals surface area contributed by atoms with Crippen LogP contribution in [0.15, 0.2) is 36.8 Å². The molecular weight excluding hydrogens is 318 g/mol. The molecule has 0 spiro atoms. The predicted octanol–water partition coefficient (Wildman–Crippen LogP) is 1.96. The van der Waals surface area contributed by atoms with Crippen LogP contribution in [0, 0.1) is 5.92 Å². The third kappa shape index (κ3) is 3.15. The van der Waals surface area contributed by atoms with E-state index in [1.54, 1.807) is 12.3 Å². The number of pyridine rings is 1. The molecule has 1 atom stereocenters. The van der Waals surface area contributed by atoms with E-state index < -0.39 is 0 Å². The van der Waals surface area contributed by atoms with Gasteiger partial charge in [-0.1, -0.05) is 6.07 Å². The predicted molar refractivity (Wildman–Crippen MR) is 90.4 cm³/mol. The summed E-state index contributed by atoms with van der Waals surface area (Å²) in [6.45, 7) is 2.74. The van der Waals surface area contributed by atoms with Gasteiger partial charge in [-0.05, 0) is 43.9 Å². The van der Waals surface area contributed by atoms with Crippen molar-refractivity contribution in [3.8, 4) is 11.4 Å². The minimum Gasteiger partial charge on any atom is -0.340 e. The van der Waals surface area contributed by atoms with Crippen molar-refractivity contribution in [2.45, 2.75) is 32.4 Å². The van der Waals surface area contributed by atoms with Crippen LogP contribution in [-0.2, 0) is 6.54 Å². The Bertz CT molecular complexity index is 866. The number of nitrogens with zero attached hydrogens (tertiary/aromatic N) is 5. The number of hydrogen-bond acceptors (Lipinski definition) is 5. The Morgan fingerprint density at radius 3 is 2.96 bits per heavy atom. The first kappa shape index (κ1) is 15.5. The van der Waals surface area contributed by atoms with Crippen LogP contribution in [-0.4, -0.2) is 35.9 Å². The molecule has 8 heteroatoms. The molecule has 8 nitrogen and oxygen atoms in total. The number of rotatable bonds is 6. The molecule has 1 aliphatic rings. The standard InChI is InChI=1S/C17H19N7O/c1-2-24-16(19-10-20-24)15(11-6-7-11)21-17(25)14-9-13(22-23-14)12-5-3-4-8-18-12/h3-5,8-11,15H,2,6-7H2,1H3,(H,21,25)(H,22,23). The van der Waals surface area contributed by atoms with E-state index in [4.69, 9.17) is 0 Å². The highest BCUT2D eigenvalue weighted by molar-refractivity contribution is 5.93. The molecule has 3 heterocycles. The van der Waals surface area contributed by atoms with Crippen LogP contribution in [0.25, 0.3) is 11.4 Å². The van der Waals surface area contributed by atoms with E-state index in [0.717, 1.165) is 30.9 Å². The smallest absolute Gasteiger partial charge is 0.269 e. The lowest BCUT2D eigenvalue weighted by atomic mass is 10.1. The Hall–Kier alpha value is -3.03. The van der Waals surface area contributed by atoms with Gasteiger partial charge >= 0.3 is 0 Å². The Balaban J connectivity index is 1.54. The fourth-order valence-electron chi connectivity index (χ4n) is 2.88. The number of H-pyrrole nitrogens is 1. The zero-order chi connectivity index (χ0) is 17.2. The van der Waals surface area contributed by atoms with Crippen LogP contribution < -0.4 is 5.32 Å². The minimum absolute atomic E-state index is 0.128. The Morgan fingerprint density at radius 2 is 2.24 bits per heavy atom. The molecule has 2 N–H and O–H groups in total. The molecule has 0 bridgehead atoms. The highest BCUT2D eigenvalue weighted by Gasteiger charge is 2.36. The summed E-state index contributed by atoms with van der Waals surface area (Å²) in [5, 5.41) is 14.3. The fraction of sp³-hybridized carbons (Fsp3) is 0.353. The van der Waals surface area contributed by atoms with Crippen molar-refractivity contribution in [1.82, 2.24) is 35.3 Å². The van der Waals surface area contributed by atoms with Crippen molar-refractivity contribution in [1.29, 1.82) is 0 Å². The second-order valence-corrected chi connectivity index (χ2v) is 6.10. The highest BCUT2D eigenvalue weighted by Crippen LogP contribution is 2.40. The van der Waals surface area contributed by atoms with E-state index >= 15 is 0 Å². The largest absolute Gasteiger partial charge is 0.340 e. The summed E-state index contributed by atoms with van der Waals surface area (Å²) in [6, 6.07) is 7.17. The fourth-order valence-corrected chi connectivity index (χ4v) is 2.88. The summed E-state index contributed by atoms with van der Waals surface area (Å²) in [6.07, 6.45) is 5.41. The first-order valence-corrected chi connectivity index (χ1v) is 8.41. The number of aromatic amines is 1. The van der Waals surface area contributed by atoms with Gasteiger partial charge in [-0.2, -0.15) is 10.2 Å². The molecule has 0 radical (unpaired) electrons. The molecule has 1 amide bonds. The molecule has 1 fully saturated rings. The minimum atomic E-state index is -0.197. The number of aryl methyl sites for hydroxylation is 1. The second-order valence-electron chi connectivity index (χ2n) is 6.10. The molecule has 25 heavy (non-hydrogen) atoms. The van der Waals surface area contributed by atoms with E-state index in [2.05, 4.69) is 30.6 Å². The number of hydrogen-bond donors (Lipinski definition) is 2. The quantitative estimate of drug-likeness (QED) is 0.716.